The summed E-state index contributed by atoms with van der Waals surface area (Å²) < 4.78 is 5.33. The molecule has 2 rings (SSSR count). The fourth-order valence-corrected chi connectivity index (χ4v) is 2.59. The molecule has 0 aliphatic carbocycles. The van der Waals surface area contributed by atoms with Gasteiger partial charge in [0.15, 0.2) is 0 Å². The number of aliphatic hydroxyl groups excluding tert-OH is 1. The summed E-state index contributed by atoms with van der Waals surface area (Å²) >= 11 is 0. The van der Waals surface area contributed by atoms with E-state index >= 15 is 0 Å². The average Bonchev–Trinajstić information content (AvgIpc) is 2.52. The molecule has 20 heavy (non-hydrogen) atoms. The number of likely N-dealkylation sites (tertiary alicyclic amines) is 1. The van der Waals surface area contributed by atoms with E-state index in [1.54, 1.807) is 4.90 Å². The third-order valence-electron chi connectivity index (χ3n) is 3.85. The van der Waals surface area contributed by atoms with Crippen molar-refractivity contribution in [1.82, 2.24) is 4.90 Å². The molecule has 1 amide bonds. The minimum atomic E-state index is -0.213. The van der Waals surface area contributed by atoms with E-state index in [-0.39, 0.29) is 12.7 Å². The van der Waals surface area contributed by atoms with E-state index in [1.165, 1.54) is 0 Å². The molecule has 0 bridgehead atoms. The van der Waals surface area contributed by atoms with Crippen molar-refractivity contribution in [2.75, 3.05) is 19.7 Å². The normalized spacial score (nSPS) is 16.1. The van der Waals surface area contributed by atoms with E-state index in [9.17, 15) is 4.79 Å². The summed E-state index contributed by atoms with van der Waals surface area (Å²) in [5.74, 6) is 0.639. The Labute approximate surface area is 120 Å². The molecule has 4 heteroatoms. The fraction of sp³-hybridized carbons (Fsp3) is 0.562. The van der Waals surface area contributed by atoms with Gasteiger partial charge in [0.1, 0.15) is 6.61 Å². The van der Waals surface area contributed by atoms with Gasteiger partial charge in [-0.2, -0.15) is 0 Å². The summed E-state index contributed by atoms with van der Waals surface area (Å²) in [6, 6.07) is 9.73. The monoisotopic (exact) mass is 277 g/mol. The number of rotatable bonds is 5. The second-order valence-corrected chi connectivity index (χ2v) is 5.34. The van der Waals surface area contributed by atoms with Gasteiger partial charge < -0.3 is 14.7 Å². The number of ether oxygens (including phenoxy) is 1. The quantitative estimate of drug-likeness (QED) is 0.900. The molecule has 4 nitrogen and oxygen atoms in total. The second-order valence-electron chi connectivity index (χ2n) is 5.34. The minimum absolute atomic E-state index is 0.213. The molecular formula is C16H23NO3. The molecule has 1 fully saturated rings. The number of carbonyl (C=O) groups excluding carboxylic acids is 1. The Morgan fingerprint density at radius 2 is 1.95 bits per heavy atom. The number of piperidine rings is 1. The van der Waals surface area contributed by atoms with Crippen LogP contribution in [0.15, 0.2) is 30.3 Å². The maximum Gasteiger partial charge on any atom is 0.410 e. The Hall–Kier alpha value is -1.55. The van der Waals surface area contributed by atoms with E-state index in [0.717, 1.165) is 44.3 Å². The Bertz CT molecular complexity index is 399. The van der Waals surface area contributed by atoms with Crippen LogP contribution in [0.3, 0.4) is 0 Å². The van der Waals surface area contributed by atoms with Crippen LogP contribution in [0.5, 0.6) is 0 Å². The SMILES string of the molecule is O=C(OCc1ccccc1)N1CCC(CCCO)CC1. The molecule has 1 aliphatic heterocycles. The van der Waals surface area contributed by atoms with Crippen molar-refractivity contribution < 1.29 is 14.6 Å². The van der Waals surface area contributed by atoms with E-state index in [4.69, 9.17) is 9.84 Å². The Morgan fingerprint density at radius 1 is 1.25 bits per heavy atom. The predicted octanol–water partition coefficient (Wildman–Crippen LogP) is 2.81. The van der Waals surface area contributed by atoms with Gasteiger partial charge in [-0.05, 0) is 37.2 Å². The molecule has 1 N–H and O–H groups in total. The van der Waals surface area contributed by atoms with E-state index in [0.29, 0.717) is 12.5 Å². The van der Waals surface area contributed by atoms with Crippen LogP contribution in [0.25, 0.3) is 0 Å². The zero-order chi connectivity index (χ0) is 14.2. The molecule has 1 aromatic carbocycles. The number of carbonyl (C=O) groups is 1. The van der Waals surface area contributed by atoms with Crippen LogP contribution >= 0.6 is 0 Å². The first kappa shape index (κ1) is 14.9. The van der Waals surface area contributed by atoms with Crippen molar-refractivity contribution >= 4 is 6.09 Å². The largest absolute Gasteiger partial charge is 0.445 e. The summed E-state index contributed by atoms with van der Waals surface area (Å²) in [7, 11) is 0. The van der Waals surface area contributed by atoms with Crippen LogP contribution in [0.1, 0.15) is 31.2 Å². The second kappa shape index (κ2) is 7.90. The van der Waals surface area contributed by atoms with Crippen LogP contribution in [0, 0.1) is 5.92 Å². The third-order valence-corrected chi connectivity index (χ3v) is 3.85. The molecule has 0 saturated carbocycles. The van der Waals surface area contributed by atoms with Gasteiger partial charge in [-0.15, -0.1) is 0 Å². The first-order chi connectivity index (χ1) is 9.79. The van der Waals surface area contributed by atoms with Gasteiger partial charge in [-0.25, -0.2) is 4.79 Å². The standard InChI is InChI=1S/C16H23NO3/c18-12-4-7-14-8-10-17(11-9-14)16(19)20-13-15-5-2-1-3-6-15/h1-3,5-6,14,18H,4,7-13H2. The molecule has 0 radical (unpaired) electrons. The molecule has 0 spiro atoms. The zero-order valence-corrected chi connectivity index (χ0v) is 11.8. The summed E-state index contributed by atoms with van der Waals surface area (Å²) in [4.78, 5) is 13.7. The molecule has 1 aliphatic rings. The first-order valence-corrected chi connectivity index (χ1v) is 7.36. The number of hydrogen-bond acceptors (Lipinski definition) is 3. The molecule has 1 heterocycles. The van der Waals surface area contributed by atoms with Crippen LogP contribution < -0.4 is 0 Å². The summed E-state index contributed by atoms with van der Waals surface area (Å²) in [5, 5.41) is 8.83. The van der Waals surface area contributed by atoms with Gasteiger partial charge in [-0.1, -0.05) is 30.3 Å². The minimum Gasteiger partial charge on any atom is -0.445 e. The van der Waals surface area contributed by atoms with Crippen molar-refractivity contribution in [2.45, 2.75) is 32.3 Å². The Balaban J connectivity index is 1.69. The van der Waals surface area contributed by atoms with Gasteiger partial charge in [0.2, 0.25) is 0 Å². The molecule has 1 aromatic rings. The van der Waals surface area contributed by atoms with Crippen LogP contribution in [0.2, 0.25) is 0 Å². The number of amides is 1. The molecule has 0 aromatic heterocycles. The molecule has 110 valence electrons. The highest BCUT2D eigenvalue weighted by Crippen LogP contribution is 2.22. The number of nitrogens with zero attached hydrogens (tertiary/aromatic N) is 1. The summed E-state index contributed by atoms with van der Waals surface area (Å²) in [5.41, 5.74) is 1.01. The van der Waals surface area contributed by atoms with E-state index in [1.807, 2.05) is 30.3 Å². The molecular weight excluding hydrogens is 254 g/mol. The highest BCUT2D eigenvalue weighted by atomic mass is 16.6. The maximum absolute atomic E-state index is 12.0. The molecule has 0 unspecified atom stereocenters. The lowest BCUT2D eigenvalue weighted by Crippen LogP contribution is -2.38. The predicted molar refractivity (Wildman–Crippen MR) is 77.2 cm³/mol. The highest BCUT2D eigenvalue weighted by Gasteiger charge is 2.23. The van der Waals surface area contributed by atoms with Crippen molar-refractivity contribution in [3.63, 3.8) is 0 Å². The van der Waals surface area contributed by atoms with Gasteiger partial charge in [0.05, 0.1) is 0 Å². The van der Waals surface area contributed by atoms with Gasteiger partial charge >= 0.3 is 6.09 Å². The topological polar surface area (TPSA) is 49.8 Å². The average molecular weight is 277 g/mol. The van der Waals surface area contributed by atoms with Crippen LogP contribution in [-0.2, 0) is 11.3 Å². The first-order valence-electron chi connectivity index (χ1n) is 7.36. The highest BCUT2D eigenvalue weighted by molar-refractivity contribution is 5.67. The summed E-state index contributed by atoms with van der Waals surface area (Å²) in [6.45, 7) is 2.14. The van der Waals surface area contributed by atoms with E-state index < -0.39 is 0 Å². The van der Waals surface area contributed by atoms with Crippen LogP contribution in [0.4, 0.5) is 4.79 Å². The van der Waals surface area contributed by atoms with Gasteiger partial charge in [-0.3, -0.25) is 0 Å². The smallest absolute Gasteiger partial charge is 0.410 e. The Kier molecular flexibility index (Phi) is 5.87. The van der Waals surface area contributed by atoms with Crippen molar-refractivity contribution in [2.24, 2.45) is 5.92 Å². The van der Waals surface area contributed by atoms with E-state index in [2.05, 4.69) is 0 Å². The third kappa shape index (κ3) is 4.53. The van der Waals surface area contributed by atoms with Crippen molar-refractivity contribution in [3.05, 3.63) is 35.9 Å². The lowest BCUT2D eigenvalue weighted by molar-refractivity contribution is 0.0807. The number of benzene rings is 1. The number of aliphatic hydroxyl groups is 1. The fourth-order valence-electron chi connectivity index (χ4n) is 2.59. The zero-order valence-electron chi connectivity index (χ0n) is 11.8. The van der Waals surface area contributed by atoms with Gasteiger partial charge in [0, 0.05) is 19.7 Å². The number of hydrogen-bond donors (Lipinski definition) is 1. The maximum atomic E-state index is 12.0. The van der Waals surface area contributed by atoms with Crippen LogP contribution in [-0.4, -0.2) is 35.8 Å². The van der Waals surface area contributed by atoms with Crippen molar-refractivity contribution in [1.29, 1.82) is 0 Å². The van der Waals surface area contributed by atoms with Gasteiger partial charge in [0.25, 0.3) is 0 Å². The summed E-state index contributed by atoms with van der Waals surface area (Å²) in [6.07, 6.45) is 3.74. The van der Waals surface area contributed by atoms with Crippen molar-refractivity contribution in [3.8, 4) is 0 Å². The molecule has 0 atom stereocenters. The molecule has 1 saturated heterocycles. The lowest BCUT2D eigenvalue weighted by atomic mass is 9.92. The lowest BCUT2D eigenvalue weighted by Gasteiger charge is -2.31. The Morgan fingerprint density at radius 3 is 2.60 bits per heavy atom.